The quantitative estimate of drug-likeness (QED) is 0.881. The van der Waals surface area contributed by atoms with Gasteiger partial charge in [0.05, 0.1) is 24.0 Å². The van der Waals surface area contributed by atoms with Gasteiger partial charge in [-0.2, -0.15) is 0 Å². The molecule has 1 atom stereocenters. The zero-order chi connectivity index (χ0) is 17.2. The summed E-state index contributed by atoms with van der Waals surface area (Å²) in [6.07, 6.45) is 2.15. The molecule has 2 heterocycles. The summed E-state index contributed by atoms with van der Waals surface area (Å²) in [5.74, 6) is 0.825. The lowest BCUT2D eigenvalue weighted by molar-refractivity contribution is 0.0963. The number of nitrogens with zero attached hydrogens (tertiary/aromatic N) is 2. The molecule has 0 aliphatic carbocycles. The van der Waals surface area contributed by atoms with Gasteiger partial charge in [-0.15, -0.1) is 0 Å². The van der Waals surface area contributed by atoms with E-state index in [0.29, 0.717) is 6.54 Å². The van der Waals surface area contributed by atoms with E-state index in [1.807, 2.05) is 11.8 Å². The molecule has 0 saturated carbocycles. The Balaban J connectivity index is 1.51. The number of fused-ring (bicyclic) bond motifs is 2. The highest BCUT2D eigenvalue weighted by Crippen LogP contribution is 2.47. The van der Waals surface area contributed by atoms with E-state index in [-0.39, 0.29) is 6.10 Å². The van der Waals surface area contributed by atoms with Gasteiger partial charge in [0.2, 0.25) is 0 Å². The van der Waals surface area contributed by atoms with Gasteiger partial charge in [-0.05, 0) is 56.1 Å². The maximum atomic E-state index is 10.8. The van der Waals surface area contributed by atoms with Crippen molar-refractivity contribution in [3.8, 4) is 0 Å². The van der Waals surface area contributed by atoms with Gasteiger partial charge in [0, 0.05) is 16.3 Å². The van der Waals surface area contributed by atoms with Gasteiger partial charge in [0.1, 0.15) is 0 Å². The van der Waals surface area contributed by atoms with Crippen LogP contribution in [-0.2, 0) is 0 Å². The Kier molecular flexibility index (Phi) is 5.02. The Hall–Kier alpha value is -1.49. The van der Waals surface area contributed by atoms with Gasteiger partial charge in [-0.3, -0.25) is 0 Å². The molecule has 4 rings (SSSR count). The molecule has 0 spiro atoms. The average molecular weight is 355 g/mol. The van der Waals surface area contributed by atoms with E-state index >= 15 is 0 Å². The predicted octanol–water partition coefficient (Wildman–Crippen LogP) is 4.38. The van der Waals surface area contributed by atoms with Crippen LogP contribution < -0.4 is 4.90 Å². The normalized spacial score (nSPS) is 19.4. The van der Waals surface area contributed by atoms with Crippen LogP contribution in [0, 0.1) is 5.92 Å². The lowest BCUT2D eigenvalue weighted by atomic mass is 9.99. The SMILES string of the molecule is CC1CCN(C[C@H](O)CN2c3ccccc3Sc3ccccc32)CC1. The molecule has 2 aromatic rings. The summed E-state index contributed by atoms with van der Waals surface area (Å²) >= 11 is 1.82. The minimum Gasteiger partial charge on any atom is -0.390 e. The number of rotatable bonds is 4. The number of aliphatic hydroxyl groups is 1. The number of piperidine rings is 1. The van der Waals surface area contributed by atoms with Crippen molar-refractivity contribution in [1.82, 2.24) is 4.90 Å². The molecule has 1 fully saturated rings. The summed E-state index contributed by atoms with van der Waals surface area (Å²) < 4.78 is 0. The van der Waals surface area contributed by atoms with Crippen LogP contribution in [-0.4, -0.2) is 42.3 Å². The first-order chi connectivity index (χ1) is 12.2. The minimum absolute atomic E-state index is 0.349. The highest BCUT2D eigenvalue weighted by atomic mass is 32.2. The van der Waals surface area contributed by atoms with Gasteiger partial charge in [-0.1, -0.05) is 43.0 Å². The molecule has 2 aromatic carbocycles. The molecule has 0 radical (unpaired) electrons. The number of anilines is 2. The summed E-state index contributed by atoms with van der Waals surface area (Å²) in [5, 5.41) is 10.8. The van der Waals surface area contributed by atoms with Crippen molar-refractivity contribution >= 4 is 23.1 Å². The van der Waals surface area contributed by atoms with Gasteiger partial charge < -0.3 is 14.9 Å². The fourth-order valence-electron chi connectivity index (χ4n) is 3.79. The van der Waals surface area contributed by atoms with E-state index in [9.17, 15) is 5.11 Å². The fraction of sp³-hybridized carbons (Fsp3) is 0.429. The van der Waals surface area contributed by atoms with Crippen molar-refractivity contribution in [2.45, 2.75) is 35.7 Å². The molecule has 2 aliphatic rings. The molecular weight excluding hydrogens is 328 g/mol. The average Bonchev–Trinajstić information content (AvgIpc) is 2.63. The zero-order valence-corrected chi connectivity index (χ0v) is 15.6. The first kappa shape index (κ1) is 17.0. The van der Waals surface area contributed by atoms with Crippen molar-refractivity contribution in [2.75, 3.05) is 31.1 Å². The van der Waals surface area contributed by atoms with Crippen molar-refractivity contribution in [3.63, 3.8) is 0 Å². The Morgan fingerprint density at radius 1 is 0.960 bits per heavy atom. The first-order valence-electron chi connectivity index (χ1n) is 9.24. The van der Waals surface area contributed by atoms with Crippen molar-refractivity contribution in [3.05, 3.63) is 48.5 Å². The molecule has 3 nitrogen and oxygen atoms in total. The molecule has 0 aromatic heterocycles. The number of hydrogen-bond acceptors (Lipinski definition) is 4. The van der Waals surface area contributed by atoms with Crippen molar-refractivity contribution < 1.29 is 5.11 Å². The second kappa shape index (κ2) is 7.40. The van der Waals surface area contributed by atoms with Crippen LogP contribution in [0.15, 0.2) is 58.3 Å². The van der Waals surface area contributed by atoms with Gasteiger partial charge in [-0.25, -0.2) is 0 Å². The van der Waals surface area contributed by atoms with Crippen LogP contribution >= 0.6 is 11.8 Å². The number of likely N-dealkylation sites (tertiary alicyclic amines) is 1. The largest absolute Gasteiger partial charge is 0.390 e. The van der Waals surface area contributed by atoms with Crippen LogP contribution in [0.5, 0.6) is 0 Å². The smallest absolute Gasteiger partial charge is 0.0845 e. The standard InChI is InChI=1S/C21H26N2OS/c1-16-10-12-22(13-11-16)14-17(24)15-23-18-6-2-4-8-20(18)25-21-9-5-3-7-19(21)23/h2-9,16-17,24H,10-15H2,1H3/t17-/m0/s1. The van der Waals surface area contributed by atoms with E-state index < -0.39 is 0 Å². The van der Waals surface area contributed by atoms with E-state index in [4.69, 9.17) is 0 Å². The van der Waals surface area contributed by atoms with E-state index in [1.165, 1.54) is 34.0 Å². The minimum atomic E-state index is -0.349. The van der Waals surface area contributed by atoms with Gasteiger partial charge >= 0.3 is 0 Å². The molecule has 25 heavy (non-hydrogen) atoms. The second-order valence-corrected chi connectivity index (χ2v) is 8.37. The van der Waals surface area contributed by atoms with Crippen molar-refractivity contribution in [1.29, 1.82) is 0 Å². The number of aliphatic hydroxyl groups excluding tert-OH is 1. The van der Waals surface area contributed by atoms with E-state index in [0.717, 1.165) is 25.6 Å². The zero-order valence-electron chi connectivity index (χ0n) is 14.8. The monoisotopic (exact) mass is 354 g/mol. The molecule has 1 saturated heterocycles. The third-order valence-electron chi connectivity index (χ3n) is 5.27. The fourth-order valence-corrected chi connectivity index (χ4v) is 4.88. The first-order valence-corrected chi connectivity index (χ1v) is 10.1. The summed E-state index contributed by atoms with van der Waals surface area (Å²) in [7, 11) is 0. The molecule has 132 valence electrons. The van der Waals surface area contributed by atoms with E-state index in [2.05, 4.69) is 65.3 Å². The van der Waals surface area contributed by atoms with Crippen LogP contribution in [0.2, 0.25) is 0 Å². The van der Waals surface area contributed by atoms with Crippen LogP contribution in [0.3, 0.4) is 0 Å². The van der Waals surface area contributed by atoms with Gasteiger partial charge in [0.15, 0.2) is 0 Å². The number of para-hydroxylation sites is 2. The molecular formula is C21H26N2OS. The molecule has 0 amide bonds. The molecule has 4 heteroatoms. The third kappa shape index (κ3) is 3.71. The summed E-state index contributed by atoms with van der Waals surface area (Å²) in [6, 6.07) is 17.0. The summed E-state index contributed by atoms with van der Waals surface area (Å²) in [6.45, 7) is 5.96. The Labute approximate surface area is 154 Å². The Morgan fingerprint density at radius 2 is 1.52 bits per heavy atom. The maximum Gasteiger partial charge on any atom is 0.0845 e. The highest BCUT2D eigenvalue weighted by molar-refractivity contribution is 7.99. The topological polar surface area (TPSA) is 26.7 Å². The molecule has 1 N–H and O–H groups in total. The highest BCUT2D eigenvalue weighted by Gasteiger charge is 2.26. The Bertz CT molecular complexity index is 682. The molecule has 2 aliphatic heterocycles. The molecule has 0 unspecified atom stereocenters. The van der Waals surface area contributed by atoms with Crippen LogP contribution in [0.25, 0.3) is 0 Å². The van der Waals surface area contributed by atoms with Crippen LogP contribution in [0.1, 0.15) is 19.8 Å². The number of β-amino-alcohol motifs (C(OH)–C–C–N with tert-alkyl or cyclic N) is 1. The van der Waals surface area contributed by atoms with Gasteiger partial charge in [0.25, 0.3) is 0 Å². The second-order valence-electron chi connectivity index (χ2n) is 7.29. The maximum absolute atomic E-state index is 10.8. The number of hydrogen-bond donors (Lipinski definition) is 1. The predicted molar refractivity (Wildman–Crippen MR) is 105 cm³/mol. The number of benzene rings is 2. The molecule has 0 bridgehead atoms. The summed E-state index contributed by atoms with van der Waals surface area (Å²) in [5.41, 5.74) is 2.41. The van der Waals surface area contributed by atoms with E-state index in [1.54, 1.807) is 0 Å². The lowest BCUT2D eigenvalue weighted by Gasteiger charge is -2.36. The van der Waals surface area contributed by atoms with Crippen LogP contribution in [0.4, 0.5) is 11.4 Å². The Morgan fingerprint density at radius 3 is 2.12 bits per heavy atom. The van der Waals surface area contributed by atoms with Crippen molar-refractivity contribution in [2.24, 2.45) is 5.92 Å². The third-order valence-corrected chi connectivity index (χ3v) is 6.40. The summed E-state index contributed by atoms with van der Waals surface area (Å²) in [4.78, 5) is 7.24. The lowest BCUT2D eigenvalue weighted by Crippen LogP contribution is -2.42.